The maximum atomic E-state index is 13.0. The summed E-state index contributed by atoms with van der Waals surface area (Å²) >= 11 is 2.03. The first kappa shape index (κ1) is 25.2. The number of halogens is 2. The number of rotatable bonds is 8. The number of imide groups is 1. The molecule has 0 spiro atoms. The Labute approximate surface area is 220 Å². The predicted molar refractivity (Wildman–Crippen MR) is 140 cm³/mol. The molecule has 8 nitrogen and oxygen atoms in total. The highest BCUT2D eigenvalue weighted by atomic mass is 127. The molecule has 0 atom stereocenters. The maximum Gasteiger partial charge on any atom is 0.329 e. The Morgan fingerprint density at radius 3 is 2.53 bits per heavy atom. The zero-order valence-corrected chi connectivity index (χ0v) is 21.2. The minimum absolute atomic E-state index is 0.140. The quantitative estimate of drug-likeness (QED) is 0.225. The van der Waals surface area contributed by atoms with Crippen LogP contribution in [0.4, 0.5) is 14.9 Å². The van der Waals surface area contributed by atoms with Gasteiger partial charge in [0.2, 0.25) is 0 Å². The van der Waals surface area contributed by atoms with Crippen molar-refractivity contribution in [1.29, 1.82) is 0 Å². The number of anilines is 1. The van der Waals surface area contributed by atoms with Crippen LogP contribution in [0.5, 0.6) is 11.5 Å². The highest BCUT2D eigenvalue weighted by Gasteiger charge is 2.33. The van der Waals surface area contributed by atoms with Crippen molar-refractivity contribution in [2.45, 2.75) is 6.54 Å². The molecule has 3 aromatic carbocycles. The average Bonchev–Trinajstić information content (AvgIpc) is 3.12. The van der Waals surface area contributed by atoms with Crippen LogP contribution in [0.15, 0.2) is 72.4 Å². The van der Waals surface area contributed by atoms with Gasteiger partial charge in [-0.2, -0.15) is 0 Å². The number of urea groups is 1. The van der Waals surface area contributed by atoms with Gasteiger partial charge < -0.3 is 20.1 Å². The van der Waals surface area contributed by atoms with Gasteiger partial charge in [0, 0.05) is 5.69 Å². The van der Waals surface area contributed by atoms with E-state index in [4.69, 9.17) is 9.47 Å². The SMILES string of the molecule is COc1cc(/C=C2/NC(=O)N(Cc3ccccc3)C2=O)cc(I)c1OCC(=O)Nc1ccc(F)cc1. The van der Waals surface area contributed by atoms with E-state index in [-0.39, 0.29) is 18.8 Å². The van der Waals surface area contributed by atoms with Crippen molar-refractivity contribution in [1.82, 2.24) is 10.2 Å². The highest BCUT2D eigenvalue weighted by molar-refractivity contribution is 14.1. The van der Waals surface area contributed by atoms with Gasteiger partial charge in [0.05, 0.1) is 17.2 Å². The van der Waals surface area contributed by atoms with Gasteiger partial charge in [0.25, 0.3) is 11.8 Å². The lowest BCUT2D eigenvalue weighted by atomic mass is 10.1. The minimum Gasteiger partial charge on any atom is -0.493 e. The summed E-state index contributed by atoms with van der Waals surface area (Å²) in [7, 11) is 1.46. The van der Waals surface area contributed by atoms with E-state index in [0.29, 0.717) is 26.3 Å². The largest absolute Gasteiger partial charge is 0.493 e. The first-order valence-corrected chi connectivity index (χ1v) is 11.9. The van der Waals surface area contributed by atoms with Crippen molar-refractivity contribution in [2.24, 2.45) is 0 Å². The molecule has 0 unspecified atom stereocenters. The fourth-order valence-corrected chi connectivity index (χ4v) is 4.26. The van der Waals surface area contributed by atoms with E-state index in [9.17, 15) is 18.8 Å². The molecule has 4 rings (SSSR count). The predicted octanol–water partition coefficient (Wildman–Crippen LogP) is 4.55. The number of carbonyl (C=O) groups excluding carboxylic acids is 3. The molecule has 0 aliphatic carbocycles. The topological polar surface area (TPSA) is 97.0 Å². The van der Waals surface area contributed by atoms with Crippen LogP contribution in [0, 0.1) is 9.39 Å². The molecule has 1 saturated heterocycles. The summed E-state index contributed by atoms with van der Waals surface area (Å²) < 4.78 is 24.8. The molecule has 1 heterocycles. The van der Waals surface area contributed by atoms with Crippen LogP contribution in [0.1, 0.15) is 11.1 Å². The number of methoxy groups -OCH3 is 1. The van der Waals surface area contributed by atoms with Crippen molar-refractivity contribution in [3.63, 3.8) is 0 Å². The van der Waals surface area contributed by atoms with Crippen LogP contribution >= 0.6 is 22.6 Å². The Bertz CT molecular complexity index is 1330. The van der Waals surface area contributed by atoms with Gasteiger partial charge in [-0.25, -0.2) is 9.18 Å². The molecule has 0 bridgehead atoms. The van der Waals surface area contributed by atoms with Crippen LogP contribution in [-0.4, -0.2) is 36.5 Å². The minimum atomic E-state index is -0.496. The molecule has 10 heteroatoms. The van der Waals surface area contributed by atoms with Gasteiger partial charge in [-0.3, -0.25) is 14.5 Å². The number of hydrogen-bond donors (Lipinski definition) is 2. The van der Waals surface area contributed by atoms with Gasteiger partial charge in [-0.1, -0.05) is 30.3 Å². The second kappa shape index (κ2) is 11.2. The number of carbonyl (C=O) groups is 3. The summed E-state index contributed by atoms with van der Waals surface area (Å²) in [6, 6.07) is 17.5. The monoisotopic (exact) mass is 601 g/mol. The normalized spacial score (nSPS) is 14.1. The second-order valence-corrected chi connectivity index (χ2v) is 8.91. The summed E-state index contributed by atoms with van der Waals surface area (Å²) in [6.07, 6.45) is 1.56. The van der Waals surface area contributed by atoms with E-state index in [2.05, 4.69) is 10.6 Å². The molecule has 4 amide bonds. The summed E-state index contributed by atoms with van der Waals surface area (Å²) in [5.41, 5.74) is 2.02. The van der Waals surface area contributed by atoms with Gasteiger partial charge in [0.15, 0.2) is 18.1 Å². The average molecular weight is 601 g/mol. The number of benzene rings is 3. The van der Waals surface area contributed by atoms with Crippen LogP contribution in [0.3, 0.4) is 0 Å². The first-order chi connectivity index (χ1) is 17.3. The molecule has 1 fully saturated rings. The number of amides is 4. The van der Waals surface area contributed by atoms with E-state index in [0.717, 1.165) is 10.5 Å². The van der Waals surface area contributed by atoms with Gasteiger partial charge in [0.1, 0.15) is 11.5 Å². The lowest BCUT2D eigenvalue weighted by Gasteiger charge is -2.14. The molecular formula is C26H21FIN3O5. The number of nitrogens with zero attached hydrogens (tertiary/aromatic N) is 1. The Kier molecular flexibility index (Phi) is 7.84. The molecule has 184 valence electrons. The molecule has 1 aliphatic heterocycles. The molecule has 36 heavy (non-hydrogen) atoms. The van der Waals surface area contributed by atoms with Crippen molar-refractivity contribution >= 4 is 52.2 Å². The smallest absolute Gasteiger partial charge is 0.329 e. The zero-order valence-electron chi connectivity index (χ0n) is 19.1. The van der Waals surface area contributed by atoms with E-state index < -0.39 is 23.7 Å². The Balaban J connectivity index is 1.46. The van der Waals surface area contributed by atoms with Crippen molar-refractivity contribution in [3.05, 3.63) is 92.9 Å². The second-order valence-electron chi connectivity index (χ2n) is 7.74. The van der Waals surface area contributed by atoms with Crippen LogP contribution < -0.4 is 20.1 Å². The zero-order chi connectivity index (χ0) is 25.7. The lowest BCUT2D eigenvalue weighted by Crippen LogP contribution is -2.30. The first-order valence-electron chi connectivity index (χ1n) is 10.8. The highest BCUT2D eigenvalue weighted by Crippen LogP contribution is 2.35. The Hall–Kier alpha value is -3.93. The van der Waals surface area contributed by atoms with Crippen molar-refractivity contribution < 1.29 is 28.2 Å². The third-order valence-corrected chi connectivity index (χ3v) is 5.99. The molecule has 0 aromatic heterocycles. The molecule has 3 aromatic rings. The van der Waals surface area contributed by atoms with E-state index >= 15 is 0 Å². The fourth-order valence-electron chi connectivity index (χ4n) is 3.48. The third-order valence-electron chi connectivity index (χ3n) is 5.18. The Morgan fingerprint density at radius 1 is 1.11 bits per heavy atom. The third kappa shape index (κ3) is 6.00. The molecule has 1 aliphatic rings. The van der Waals surface area contributed by atoms with Gasteiger partial charge in [-0.05, 0) is 76.2 Å². The number of hydrogen-bond acceptors (Lipinski definition) is 5. The van der Waals surface area contributed by atoms with Crippen molar-refractivity contribution in [3.8, 4) is 11.5 Å². The van der Waals surface area contributed by atoms with E-state index in [1.165, 1.54) is 31.4 Å². The standard InChI is InChI=1S/C26H21FIN3O5/c1-35-22-13-17(12-21-25(33)31(26(34)30-21)14-16-5-3-2-4-6-16)11-20(28)24(22)36-15-23(32)29-19-9-7-18(27)8-10-19/h2-13H,14-15H2,1H3,(H,29,32)(H,30,34)/b21-12+. The summed E-state index contributed by atoms with van der Waals surface area (Å²) in [4.78, 5) is 38.6. The fraction of sp³-hybridized carbons (Fsp3) is 0.115. The number of ether oxygens (including phenoxy) is 2. The summed E-state index contributed by atoms with van der Waals surface area (Å²) in [5.74, 6) is -0.566. The van der Waals surface area contributed by atoms with Crippen LogP contribution in [-0.2, 0) is 16.1 Å². The molecule has 0 radical (unpaired) electrons. The lowest BCUT2D eigenvalue weighted by molar-refractivity contribution is -0.123. The van der Waals surface area contributed by atoms with Gasteiger partial charge in [-0.15, -0.1) is 0 Å². The van der Waals surface area contributed by atoms with Crippen LogP contribution in [0.2, 0.25) is 0 Å². The summed E-state index contributed by atoms with van der Waals surface area (Å²) in [6.45, 7) is -0.135. The Morgan fingerprint density at radius 2 is 1.83 bits per heavy atom. The molecular weight excluding hydrogens is 580 g/mol. The van der Waals surface area contributed by atoms with Crippen molar-refractivity contribution in [2.75, 3.05) is 19.0 Å². The van der Waals surface area contributed by atoms with E-state index in [1.54, 1.807) is 18.2 Å². The summed E-state index contributed by atoms with van der Waals surface area (Å²) in [5, 5.41) is 5.23. The van der Waals surface area contributed by atoms with Gasteiger partial charge >= 0.3 is 6.03 Å². The van der Waals surface area contributed by atoms with Crippen LogP contribution in [0.25, 0.3) is 6.08 Å². The maximum absolute atomic E-state index is 13.0. The van der Waals surface area contributed by atoms with E-state index in [1.807, 2.05) is 52.9 Å². The molecule has 0 saturated carbocycles. The molecule has 2 N–H and O–H groups in total. The number of nitrogens with one attached hydrogen (secondary N) is 2.